The van der Waals surface area contributed by atoms with Crippen LogP contribution in [-0.4, -0.2) is 5.16 Å². The molecule has 64 valence electrons. The highest BCUT2D eigenvalue weighted by molar-refractivity contribution is 7.19. The summed E-state index contributed by atoms with van der Waals surface area (Å²) < 4.78 is 0. The van der Waals surface area contributed by atoms with Crippen molar-refractivity contribution in [3.63, 3.8) is 0 Å². The molecule has 1 aliphatic carbocycles. The zero-order valence-electron chi connectivity index (χ0n) is 7.69. The van der Waals surface area contributed by atoms with E-state index >= 15 is 0 Å². The molecule has 1 heteroatoms. The average Bonchev–Trinajstić information content (AvgIpc) is 1.98. The molecule has 0 radical (unpaired) electrons. The quantitative estimate of drug-likeness (QED) is 0.418. The van der Waals surface area contributed by atoms with Crippen molar-refractivity contribution in [1.82, 2.24) is 0 Å². The lowest BCUT2D eigenvalue weighted by Crippen LogP contribution is -2.28. The van der Waals surface area contributed by atoms with Gasteiger partial charge in [-0.3, -0.25) is 0 Å². The van der Waals surface area contributed by atoms with Gasteiger partial charge in [0.1, 0.15) is 0 Å². The summed E-state index contributed by atoms with van der Waals surface area (Å²) in [4.78, 5) is 0. The van der Waals surface area contributed by atoms with Crippen molar-refractivity contribution in [3.05, 3.63) is 12.2 Å². The fourth-order valence-electron chi connectivity index (χ4n) is 1.83. The maximum Gasteiger partial charge on any atom is 0.00515 e. The SMILES string of the molecule is C=C1CC(C)CCC1(P)CC. The molecule has 0 aromatic rings. The molecular weight excluding hydrogens is 151 g/mol. The summed E-state index contributed by atoms with van der Waals surface area (Å²) in [6.07, 6.45) is 5.14. The predicted molar refractivity (Wildman–Crippen MR) is 54.9 cm³/mol. The number of hydrogen-bond acceptors (Lipinski definition) is 0. The van der Waals surface area contributed by atoms with Crippen molar-refractivity contribution in [3.8, 4) is 0 Å². The lowest BCUT2D eigenvalue weighted by molar-refractivity contribution is 0.389. The lowest BCUT2D eigenvalue weighted by atomic mass is 9.77. The molecule has 0 saturated heterocycles. The standard InChI is InChI=1S/C10H19P/c1-4-10(11)6-5-8(2)7-9(10)3/h8H,3-7,11H2,1-2H3. The Bertz CT molecular complexity index is 162. The van der Waals surface area contributed by atoms with Crippen LogP contribution >= 0.6 is 9.24 Å². The van der Waals surface area contributed by atoms with Gasteiger partial charge in [0.15, 0.2) is 0 Å². The van der Waals surface area contributed by atoms with Gasteiger partial charge in [-0.15, -0.1) is 9.24 Å². The van der Waals surface area contributed by atoms with Gasteiger partial charge in [-0.2, -0.15) is 0 Å². The van der Waals surface area contributed by atoms with E-state index in [1.807, 2.05) is 0 Å². The van der Waals surface area contributed by atoms with Crippen molar-refractivity contribution in [2.75, 3.05) is 0 Å². The monoisotopic (exact) mass is 170 g/mol. The van der Waals surface area contributed by atoms with Crippen LogP contribution < -0.4 is 0 Å². The Morgan fingerprint density at radius 1 is 1.73 bits per heavy atom. The topological polar surface area (TPSA) is 0 Å². The van der Waals surface area contributed by atoms with Crippen molar-refractivity contribution in [2.45, 2.75) is 44.7 Å². The van der Waals surface area contributed by atoms with Crippen LogP contribution in [0.2, 0.25) is 0 Å². The number of hydrogen-bond donors (Lipinski definition) is 0. The van der Waals surface area contributed by atoms with Gasteiger partial charge in [0.05, 0.1) is 0 Å². The molecule has 11 heavy (non-hydrogen) atoms. The molecule has 0 nitrogen and oxygen atoms in total. The summed E-state index contributed by atoms with van der Waals surface area (Å²) >= 11 is 0. The largest absolute Gasteiger partial charge is 0.127 e. The highest BCUT2D eigenvalue weighted by Gasteiger charge is 2.30. The van der Waals surface area contributed by atoms with E-state index < -0.39 is 0 Å². The van der Waals surface area contributed by atoms with Gasteiger partial charge in [0.25, 0.3) is 0 Å². The third-order valence-electron chi connectivity index (χ3n) is 3.01. The average molecular weight is 170 g/mol. The summed E-state index contributed by atoms with van der Waals surface area (Å²) in [5.74, 6) is 0.864. The van der Waals surface area contributed by atoms with Gasteiger partial charge in [-0.25, -0.2) is 0 Å². The van der Waals surface area contributed by atoms with Gasteiger partial charge >= 0.3 is 0 Å². The highest BCUT2D eigenvalue weighted by atomic mass is 31.0. The van der Waals surface area contributed by atoms with E-state index in [1.54, 1.807) is 0 Å². The normalized spacial score (nSPS) is 39.2. The molecule has 0 aromatic carbocycles. The highest BCUT2D eigenvalue weighted by Crippen LogP contribution is 2.43. The Morgan fingerprint density at radius 3 is 2.82 bits per heavy atom. The van der Waals surface area contributed by atoms with Crippen LogP contribution in [0.1, 0.15) is 39.5 Å². The van der Waals surface area contributed by atoms with Crippen LogP contribution in [-0.2, 0) is 0 Å². The van der Waals surface area contributed by atoms with Crippen LogP contribution in [0.25, 0.3) is 0 Å². The zero-order chi connectivity index (χ0) is 8.48. The Hall–Kier alpha value is 0.170. The summed E-state index contributed by atoms with van der Waals surface area (Å²) in [7, 11) is 3.00. The van der Waals surface area contributed by atoms with Gasteiger partial charge in [-0.1, -0.05) is 26.0 Å². The first kappa shape index (κ1) is 9.26. The van der Waals surface area contributed by atoms with E-state index in [-0.39, 0.29) is 0 Å². The number of allylic oxidation sites excluding steroid dienone is 1. The van der Waals surface area contributed by atoms with E-state index in [0.717, 1.165) is 5.92 Å². The van der Waals surface area contributed by atoms with Crippen LogP contribution in [0.3, 0.4) is 0 Å². The second kappa shape index (κ2) is 3.27. The van der Waals surface area contributed by atoms with E-state index in [0.29, 0.717) is 5.16 Å². The molecule has 0 heterocycles. The molecule has 0 aromatic heterocycles. The minimum Gasteiger partial charge on any atom is -0.127 e. The molecule has 1 aliphatic rings. The molecule has 0 N–H and O–H groups in total. The lowest BCUT2D eigenvalue weighted by Gasteiger charge is -2.37. The summed E-state index contributed by atoms with van der Waals surface area (Å²) in [5.41, 5.74) is 1.45. The summed E-state index contributed by atoms with van der Waals surface area (Å²) in [6.45, 7) is 8.75. The van der Waals surface area contributed by atoms with Crippen LogP contribution in [0.15, 0.2) is 12.2 Å². The predicted octanol–water partition coefficient (Wildman–Crippen LogP) is 3.39. The van der Waals surface area contributed by atoms with Crippen molar-refractivity contribution >= 4 is 9.24 Å². The third-order valence-corrected chi connectivity index (χ3v) is 4.12. The second-order valence-electron chi connectivity index (χ2n) is 3.96. The Balaban J connectivity index is 2.64. The maximum absolute atomic E-state index is 4.17. The van der Waals surface area contributed by atoms with Crippen LogP contribution in [0, 0.1) is 5.92 Å². The zero-order valence-corrected chi connectivity index (χ0v) is 8.84. The van der Waals surface area contributed by atoms with Gasteiger partial charge in [0, 0.05) is 5.16 Å². The minimum atomic E-state index is 0.381. The van der Waals surface area contributed by atoms with E-state index in [2.05, 4.69) is 29.7 Å². The first-order chi connectivity index (χ1) is 5.08. The van der Waals surface area contributed by atoms with Gasteiger partial charge in [-0.05, 0) is 31.6 Å². The molecule has 0 aliphatic heterocycles. The second-order valence-corrected chi connectivity index (χ2v) is 5.07. The molecule has 3 unspecified atom stereocenters. The Labute approximate surface area is 72.7 Å². The van der Waals surface area contributed by atoms with Crippen molar-refractivity contribution in [2.24, 2.45) is 5.92 Å². The molecular formula is C10H19P. The fourth-order valence-corrected chi connectivity index (χ4v) is 2.12. The smallest absolute Gasteiger partial charge is 0.00515 e. The molecule has 1 saturated carbocycles. The van der Waals surface area contributed by atoms with Crippen LogP contribution in [0.4, 0.5) is 0 Å². The molecule has 0 amide bonds. The maximum atomic E-state index is 4.17. The van der Waals surface area contributed by atoms with Crippen molar-refractivity contribution in [1.29, 1.82) is 0 Å². The fraction of sp³-hybridized carbons (Fsp3) is 0.800. The first-order valence-corrected chi connectivity index (χ1v) is 5.13. The molecule has 1 rings (SSSR count). The van der Waals surface area contributed by atoms with Gasteiger partial charge < -0.3 is 0 Å². The summed E-state index contributed by atoms with van der Waals surface area (Å²) in [5, 5.41) is 0.381. The Kier molecular flexibility index (Phi) is 2.75. The molecule has 3 atom stereocenters. The van der Waals surface area contributed by atoms with Crippen LogP contribution in [0.5, 0.6) is 0 Å². The molecule has 0 bridgehead atoms. The number of rotatable bonds is 1. The third kappa shape index (κ3) is 1.85. The van der Waals surface area contributed by atoms with E-state index in [9.17, 15) is 0 Å². The van der Waals surface area contributed by atoms with E-state index in [1.165, 1.54) is 31.3 Å². The first-order valence-electron chi connectivity index (χ1n) is 4.55. The van der Waals surface area contributed by atoms with Crippen molar-refractivity contribution < 1.29 is 0 Å². The van der Waals surface area contributed by atoms with Gasteiger partial charge in [0.2, 0.25) is 0 Å². The summed E-state index contributed by atoms with van der Waals surface area (Å²) in [6, 6.07) is 0. The minimum absolute atomic E-state index is 0.381. The van der Waals surface area contributed by atoms with E-state index in [4.69, 9.17) is 0 Å². The Morgan fingerprint density at radius 2 is 2.36 bits per heavy atom. The molecule has 1 fully saturated rings. The molecule has 0 spiro atoms.